The Bertz CT molecular complexity index is 1230. The Morgan fingerprint density at radius 2 is 1.36 bits per heavy atom. The van der Waals surface area contributed by atoms with Crippen LogP contribution in [0.4, 0.5) is 15.3 Å². The Hall–Kier alpha value is -5.48. The molecule has 1 aromatic carbocycles. The highest BCUT2D eigenvalue weighted by atomic mass is 16.5. The SMILES string of the molecule is NC(=O)NCCC[C@H](NC(=O)CCN1C(=O)C=CC1=O)C(=O)N[C@@H](CCCNC(N)=O)C(=O)Nc1ccc(COC=O)cc1. The van der Waals surface area contributed by atoms with E-state index in [-0.39, 0.29) is 58.3 Å². The number of ether oxygens (including phenoxy) is 1. The number of rotatable bonds is 19. The maximum absolute atomic E-state index is 13.3. The lowest BCUT2D eigenvalue weighted by atomic mass is 10.1. The predicted molar refractivity (Wildman–Crippen MR) is 154 cm³/mol. The molecular formula is C27H36N8O9. The number of primary amides is 2. The zero-order valence-electron chi connectivity index (χ0n) is 23.8. The van der Waals surface area contributed by atoms with Gasteiger partial charge in [-0.1, -0.05) is 12.1 Å². The number of nitrogens with two attached hydrogens (primary N) is 2. The Kier molecular flexibility index (Phi) is 14.3. The number of hydrogen-bond donors (Lipinski definition) is 7. The van der Waals surface area contributed by atoms with Crippen molar-refractivity contribution < 1.29 is 43.1 Å². The minimum Gasteiger partial charge on any atom is -0.463 e. The van der Waals surface area contributed by atoms with Crippen LogP contribution in [0.5, 0.6) is 0 Å². The molecule has 1 heterocycles. The molecule has 0 spiro atoms. The van der Waals surface area contributed by atoms with Crippen molar-refractivity contribution in [2.75, 3.05) is 25.0 Å². The van der Waals surface area contributed by atoms with Gasteiger partial charge in [0, 0.05) is 43.9 Å². The van der Waals surface area contributed by atoms with E-state index in [4.69, 9.17) is 16.2 Å². The first-order chi connectivity index (χ1) is 21.0. The summed E-state index contributed by atoms with van der Waals surface area (Å²) in [7, 11) is 0. The smallest absolute Gasteiger partial charge is 0.312 e. The minimum atomic E-state index is -1.16. The van der Waals surface area contributed by atoms with Gasteiger partial charge in [0.25, 0.3) is 18.3 Å². The van der Waals surface area contributed by atoms with Crippen molar-refractivity contribution in [3.63, 3.8) is 0 Å². The molecule has 9 N–H and O–H groups in total. The molecular weight excluding hydrogens is 580 g/mol. The molecule has 1 aliphatic heterocycles. The average Bonchev–Trinajstić information content (AvgIpc) is 3.30. The Morgan fingerprint density at radius 1 is 0.818 bits per heavy atom. The van der Waals surface area contributed by atoms with Gasteiger partial charge in [-0.15, -0.1) is 0 Å². The number of carbonyl (C=O) groups excluding carboxylic acids is 8. The van der Waals surface area contributed by atoms with Crippen LogP contribution >= 0.6 is 0 Å². The first kappa shape index (κ1) is 34.7. The summed E-state index contributed by atoms with van der Waals surface area (Å²) in [5.41, 5.74) is 11.2. The number of urea groups is 2. The van der Waals surface area contributed by atoms with Crippen molar-refractivity contribution >= 4 is 53.8 Å². The molecule has 1 aliphatic rings. The number of nitrogens with zero attached hydrogens (tertiary/aromatic N) is 1. The quantitative estimate of drug-likeness (QED) is 0.0540. The van der Waals surface area contributed by atoms with Crippen LogP contribution in [-0.2, 0) is 40.1 Å². The van der Waals surface area contributed by atoms with Crippen molar-refractivity contribution in [2.24, 2.45) is 11.5 Å². The molecule has 17 heteroatoms. The maximum Gasteiger partial charge on any atom is 0.312 e. The van der Waals surface area contributed by atoms with E-state index >= 15 is 0 Å². The monoisotopic (exact) mass is 616 g/mol. The van der Waals surface area contributed by atoms with Crippen molar-refractivity contribution in [3.8, 4) is 0 Å². The van der Waals surface area contributed by atoms with Crippen LogP contribution in [0.2, 0.25) is 0 Å². The highest BCUT2D eigenvalue weighted by Gasteiger charge is 2.28. The van der Waals surface area contributed by atoms with Crippen LogP contribution in [0.1, 0.15) is 37.7 Å². The van der Waals surface area contributed by atoms with Gasteiger partial charge in [0.15, 0.2) is 0 Å². The van der Waals surface area contributed by atoms with E-state index in [0.29, 0.717) is 17.7 Å². The first-order valence-corrected chi connectivity index (χ1v) is 13.6. The molecule has 0 aromatic heterocycles. The Labute approximate surface area is 252 Å². The Balaban J connectivity index is 2.11. The fourth-order valence-corrected chi connectivity index (χ4v) is 4.02. The lowest BCUT2D eigenvalue weighted by Gasteiger charge is -2.24. The van der Waals surface area contributed by atoms with Gasteiger partial charge in [0.1, 0.15) is 18.7 Å². The summed E-state index contributed by atoms with van der Waals surface area (Å²) in [6, 6.07) is 2.64. The van der Waals surface area contributed by atoms with E-state index in [9.17, 15) is 38.4 Å². The molecule has 44 heavy (non-hydrogen) atoms. The molecule has 0 saturated heterocycles. The van der Waals surface area contributed by atoms with Gasteiger partial charge >= 0.3 is 12.1 Å². The molecule has 0 radical (unpaired) electrons. The third-order valence-corrected chi connectivity index (χ3v) is 6.22. The number of amides is 9. The molecule has 0 bridgehead atoms. The van der Waals surface area contributed by atoms with Gasteiger partial charge < -0.3 is 42.8 Å². The lowest BCUT2D eigenvalue weighted by molar-refractivity contribution is -0.137. The van der Waals surface area contributed by atoms with Gasteiger partial charge in [-0.3, -0.25) is 33.7 Å². The van der Waals surface area contributed by atoms with Gasteiger partial charge in [-0.2, -0.15) is 0 Å². The summed E-state index contributed by atoms with van der Waals surface area (Å²) in [6.45, 7) is 0.391. The summed E-state index contributed by atoms with van der Waals surface area (Å²) in [6.07, 6.45) is 2.51. The summed E-state index contributed by atoms with van der Waals surface area (Å²) >= 11 is 0. The van der Waals surface area contributed by atoms with Crippen LogP contribution < -0.4 is 38.1 Å². The van der Waals surface area contributed by atoms with E-state index in [1.165, 1.54) is 0 Å². The predicted octanol–water partition coefficient (Wildman–Crippen LogP) is -1.52. The molecule has 0 saturated carbocycles. The summed E-state index contributed by atoms with van der Waals surface area (Å²) in [5, 5.41) is 12.6. The number of benzene rings is 1. The number of carbonyl (C=O) groups is 8. The maximum atomic E-state index is 13.3. The number of anilines is 1. The van der Waals surface area contributed by atoms with Crippen molar-refractivity contribution in [1.29, 1.82) is 0 Å². The molecule has 1 aromatic rings. The van der Waals surface area contributed by atoms with Crippen LogP contribution in [0.25, 0.3) is 0 Å². The second kappa shape index (κ2) is 18.1. The van der Waals surface area contributed by atoms with Crippen molar-refractivity contribution in [1.82, 2.24) is 26.2 Å². The second-order valence-electron chi connectivity index (χ2n) is 9.55. The number of nitrogens with one attached hydrogen (secondary N) is 5. The van der Waals surface area contributed by atoms with Crippen LogP contribution in [0, 0.1) is 0 Å². The zero-order chi connectivity index (χ0) is 32.5. The van der Waals surface area contributed by atoms with E-state index in [0.717, 1.165) is 17.1 Å². The topological polar surface area (TPSA) is 261 Å². The fourth-order valence-electron chi connectivity index (χ4n) is 4.02. The zero-order valence-corrected chi connectivity index (χ0v) is 23.8. The minimum absolute atomic E-state index is 0.0445. The van der Waals surface area contributed by atoms with Crippen LogP contribution in [0.3, 0.4) is 0 Å². The highest BCUT2D eigenvalue weighted by molar-refractivity contribution is 6.13. The third-order valence-electron chi connectivity index (χ3n) is 6.22. The lowest BCUT2D eigenvalue weighted by Crippen LogP contribution is -2.53. The molecule has 17 nitrogen and oxygen atoms in total. The summed E-state index contributed by atoms with van der Waals surface area (Å²) in [5.74, 6) is -3.05. The molecule has 238 valence electrons. The third kappa shape index (κ3) is 12.6. The van der Waals surface area contributed by atoms with Crippen molar-refractivity contribution in [3.05, 3.63) is 42.0 Å². The van der Waals surface area contributed by atoms with E-state index in [2.05, 4.69) is 26.6 Å². The molecule has 2 atom stereocenters. The largest absolute Gasteiger partial charge is 0.463 e. The van der Waals surface area contributed by atoms with Gasteiger partial charge in [0.2, 0.25) is 17.7 Å². The molecule has 0 aliphatic carbocycles. The second-order valence-corrected chi connectivity index (χ2v) is 9.55. The van der Waals surface area contributed by atoms with Crippen LogP contribution in [-0.4, -0.2) is 84.7 Å². The average molecular weight is 617 g/mol. The summed E-state index contributed by atoms with van der Waals surface area (Å²) in [4.78, 5) is 96.1. The normalized spacial score (nSPS) is 13.4. The molecule has 2 rings (SSSR count). The number of hydrogen-bond acceptors (Lipinski definition) is 9. The van der Waals surface area contributed by atoms with Gasteiger partial charge in [0.05, 0.1) is 0 Å². The van der Waals surface area contributed by atoms with Gasteiger partial charge in [-0.25, -0.2) is 9.59 Å². The fraction of sp³-hybridized carbons (Fsp3) is 0.407. The molecule has 0 unspecified atom stereocenters. The van der Waals surface area contributed by atoms with E-state index < -0.39 is 53.7 Å². The molecule has 9 amide bonds. The Morgan fingerprint density at radius 3 is 1.89 bits per heavy atom. The summed E-state index contributed by atoms with van der Waals surface area (Å²) < 4.78 is 4.70. The standard InChI is InChI=1S/C27H36N8O9/c28-26(42)30-12-1-3-19(33-21(37)11-14-35-22(38)9-10-23(35)39)25(41)34-20(4-2-13-31-27(29)43)24(40)32-18-7-5-17(6-8-18)15-44-16-36/h5-10,16,19-20H,1-4,11-15H2,(H,32,40)(H,33,37)(H,34,41)(H3,28,30,42)(H3,29,31,43)/t19-,20-/m0/s1. The molecule has 0 fully saturated rings. The number of imide groups is 1. The van der Waals surface area contributed by atoms with Gasteiger partial charge in [-0.05, 0) is 43.4 Å². The van der Waals surface area contributed by atoms with Crippen molar-refractivity contribution in [2.45, 2.75) is 50.8 Å². The van der Waals surface area contributed by atoms with E-state index in [1.54, 1.807) is 24.3 Å². The van der Waals surface area contributed by atoms with Crippen LogP contribution in [0.15, 0.2) is 36.4 Å². The highest BCUT2D eigenvalue weighted by Crippen LogP contribution is 2.12. The first-order valence-electron chi connectivity index (χ1n) is 13.6. The van der Waals surface area contributed by atoms with E-state index in [1.807, 2.05) is 0 Å².